The van der Waals surface area contributed by atoms with Crippen LogP contribution in [0.15, 0.2) is 0 Å². The van der Waals surface area contributed by atoms with Gasteiger partial charge in [-0.05, 0) is 49.9 Å². The number of unbranched alkanes of at least 4 members (excludes halogenated alkanes) is 10. The Morgan fingerprint density at radius 3 is 1.46 bits per heavy atom. The second-order valence-corrected chi connectivity index (χ2v) is 12.1. The zero-order valence-electron chi connectivity index (χ0n) is 24.0. The molecule has 206 valence electrons. The first kappa shape index (κ1) is 32.0. The third kappa shape index (κ3) is 16.3. The maximum absolute atomic E-state index is 12.8. The van der Waals surface area contributed by atoms with E-state index in [0.717, 1.165) is 56.8 Å². The lowest BCUT2D eigenvalue weighted by Crippen LogP contribution is -2.37. The first-order chi connectivity index (χ1) is 16.8. The van der Waals surface area contributed by atoms with Crippen LogP contribution in [0.1, 0.15) is 144 Å². The predicted octanol–water partition coefficient (Wildman–Crippen LogP) is 8.90. The van der Waals surface area contributed by atoms with E-state index in [-0.39, 0.29) is 23.8 Å². The van der Waals surface area contributed by atoms with Crippen molar-refractivity contribution < 1.29 is 19.1 Å². The monoisotopic (exact) mass is 494 g/mol. The Morgan fingerprint density at radius 2 is 1.00 bits per heavy atom. The lowest BCUT2D eigenvalue weighted by molar-refractivity contribution is -0.163. The molecular formula is C31H58O4. The number of hydrogen-bond acceptors (Lipinski definition) is 4. The van der Waals surface area contributed by atoms with Gasteiger partial charge in [0.15, 0.2) is 0 Å². The molecule has 1 rings (SSSR count). The van der Waals surface area contributed by atoms with Gasteiger partial charge < -0.3 is 9.47 Å². The van der Waals surface area contributed by atoms with Gasteiger partial charge in [0.25, 0.3) is 0 Å². The molecule has 1 aliphatic carbocycles. The van der Waals surface area contributed by atoms with E-state index < -0.39 is 0 Å². The summed E-state index contributed by atoms with van der Waals surface area (Å²) in [6, 6.07) is 0. The molecule has 0 saturated heterocycles. The fourth-order valence-electron chi connectivity index (χ4n) is 5.21. The molecule has 0 bridgehead atoms. The molecule has 3 unspecified atom stereocenters. The van der Waals surface area contributed by atoms with Gasteiger partial charge in [-0.1, -0.05) is 112 Å². The largest absolute Gasteiger partial charge is 0.465 e. The zero-order valence-corrected chi connectivity index (χ0v) is 24.0. The average molecular weight is 495 g/mol. The van der Waals surface area contributed by atoms with Gasteiger partial charge in [0, 0.05) is 0 Å². The molecule has 3 atom stereocenters. The molecular weight excluding hydrogens is 436 g/mol. The van der Waals surface area contributed by atoms with Crippen LogP contribution >= 0.6 is 0 Å². The summed E-state index contributed by atoms with van der Waals surface area (Å²) in [5.41, 5.74) is 0. The number of esters is 2. The molecule has 1 aliphatic rings. The topological polar surface area (TPSA) is 52.6 Å². The Kier molecular flexibility index (Phi) is 18.3. The van der Waals surface area contributed by atoms with Crippen LogP contribution in [0.4, 0.5) is 0 Å². The van der Waals surface area contributed by atoms with Crippen molar-refractivity contribution in [2.75, 3.05) is 13.2 Å². The highest BCUT2D eigenvalue weighted by Gasteiger charge is 2.40. The van der Waals surface area contributed by atoms with Gasteiger partial charge in [-0.25, -0.2) is 0 Å². The summed E-state index contributed by atoms with van der Waals surface area (Å²) in [7, 11) is 0. The molecule has 0 aromatic rings. The Balaban J connectivity index is 2.20. The third-order valence-electron chi connectivity index (χ3n) is 7.56. The zero-order chi connectivity index (χ0) is 25.9. The molecule has 4 nitrogen and oxygen atoms in total. The maximum atomic E-state index is 12.8. The summed E-state index contributed by atoms with van der Waals surface area (Å²) in [6.45, 7) is 12.3. The van der Waals surface area contributed by atoms with Crippen LogP contribution in [0.25, 0.3) is 0 Å². The minimum atomic E-state index is -0.330. The van der Waals surface area contributed by atoms with Gasteiger partial charge in [-0.15, -0.1) is 0 Å². The van der Waals surface area contributed by atoms with Crippen LogP contribution < -0.4 is 0 Å². The van der Waals surface area contributed by atoms with E-state index in [1.165, 1.54) is 64.2 Å². The van der Waals surface area contributed by atoms with E-state index in [1.54, 1.807) is 0 Å². The summed E-state index contributed by atoms with van der Waals surface area (Å²) in [5.74, 6) is 1.03. The molecule has 0 spiro atoms. The molecule has 0 aliphatic heterocycles. The molecule has 4 heteroatoms. The Morgan fingerprint density at radius 1 is 0.600 bits per heavy atom. The minimum Gasteiger partial charge on any atom is -0.465 e. The van der Waals surface area contributed by atoms with Crippen molar-refractivity contribution in [3.8, 4) is 0 Å². The van der Waals surface area contributed by atoms with Gasteiger partial charge in [0.05, 0.1) is 25.0 Å². The highest BCUT2D eigenvalue weighted by Crippen LogP contribution is 2.35. The van der Waals surface area contributed by atoms with E-state index in [4.69, 9.17) is 9.47 Å². The van der Waals surface area contributed by atoms with E-state index in [2.05, 4.69) is 34.6 Å². The van der Waals surface area contributed by atoms with Crippen LogP contribution in [0.2, 0.25) is 0 Å². The van der Waals surface area contributed by atoms with Crippen molar-refractivity contribution in [1.82, 2.24) is 0 Å². The average Bonchev–Trinajstić information content (AvgIpc) is 2.81. The van der Waals surface area contributed by atoms with Gasteiger partial charge in [-0.2, -0.15) is 0 Å². The molecule has 0 aromatic heterocycles. The summed E-state index contributed by atoms with van der Waals surface area (Å²) in [4.78, 5) is 25.6. The van der Waals surface area contributed by atoms with Crippen LogP contribution in [-0.2, 0) is 19.1 Å². The second-order valence-electron chi connectivity index (χ2n) is 12.1. The summed E-state index contributed by atoms with van der Waals surface area (Å²) in [6.07, 6.45) is 19.4. The number of rotatable bonds is 20. The molecule has 0 heterocycles. The van der Waals surface area contributed by atoms with E-state index >= 15 is 0 Å². The fourth-order valence-corrected chi connectivity index (χ4v) is 5.21. The van der Waals surface area contributed by atoms with Crippen molar-refractivity contribution in [3.05, 3.63) is 0 Å². The van der Waals surface area contributed by atoms with Crippen LogP contribution in [0, 0.1) is 29.6 Å². The lowest BCUT2D eigenvalue weighted by atomic mass is 9.74. The quantitative estimate of drug-likeness (QED) is 0.125. The first-order valence-electron chi connectivity index (χ1n) is 15.1. The van der Waals surface area contributed by atoms with Crippen molar-refractivity contribution in [2.45, 2.75) is 144 Å². The van der Waals surface area contributed by atoms with Crippen LogP contribution in [0.5, 0.6) is 0 Å². The van der Waals surface area contributed by atoms with Gasteiger partial charge in [0.1, 0.15) is 0 Å². The summed E-state index contributed by atoms with van der Waals surface area (Å²) >= 11 is 0. The van der Waals surface area contributed by atoms with Gasteiger partial charge in [0.2, 0.25) is 0 Å². The van der Waals surface area contributed by atoms with Crippen molar-refractivity contribution in [3.63, 3.8) is 0 Å². The second kappa shape index (κ2) is 20.0. The normalized spacial score (nSPS) is 20.4. The predicted molar refractivity (Wildman–Crippen MR) is 146 cm³/mol. The highest BCUT2D eigenvalue weighted by molar-refractivity contribution is 5.82. The van der Waals surface area contributed by atoms with Crippen LogP contribution in [0.3, 0.4) is 0 Å². The Labute approximate surface area is 217 Å². The lowest BCUT2D eigenvalue weighted by Gasteiger charge is -2.31. The smallest absolute Gasteiger partial charge is 0.309 e. The highest BCUT2D eigenvalue weighted by atomic mass is 16.5. The Bertz CT molecular complexity index is 542. The van der Waals surface area contributed by atoms with Crippen molar-refractivity contribution in [2.24, 2.45) is 29.6 Å². The molecule has 1 fully saturated rings. The molecule has 1 saturated carbocycles. The number of carbonyl (C=O) groups excluding carboxylic acids is 2. The van der Waals surface area contributed by atoms with Crippen LogP contribution in [-0.4, -0.2) is 25.2 Å². The van der Waals surface area contributed by atoms with Gasteiger partial charge in [-0.3, -0.25) is 9.59 Å². The number of hydrogen-bond donors (Lipinski definition) is 0. The minimum absolute atomic E-state index is 0.183. The standard InChI is InChI=1S/C31H58O4/c1-25(2)18-14-10-6-8-12-16-22-34-30(32)28-21-20-27(5)24-29(28)31(33)35-23-17-13-9-7-11-15-19-26(3)4/h25-29H,6-24H2,1-5H3. The first-order valence-corrected chi connectivity index (χ1v) is 15.1. The van der Waals surface area contributed by atoms with E-state index in [9.17, 15) is 9.59 Å². The molecule has 0 radical (unpaired) electrons. The Hall–Kier alpha value is -1.06. The molecule has 35 heavy (non-hydrogen) atoms. The van der Waals surface area contributed by atoms with E-state index in [1.807, 2.05) is 0 Å². The summed E-state index contributed by atoms with van der Waals surface area (Å²) in [5, 5.41) is 0. The van der Waals surface area contributed by atoms with Crippen molar-refractivity contribution in [1.29, 1.82) is 0 Å². The molecule has 0 amide bonds. The molecule has 0 aromatic carbocycles. The maximum Gasteiger partial charge on any atom is 0.309 e. The van der Waals surface area contributed by atoms with E-state index in [0.29, 0.717) is 19.1 Å². The molecule has 0 N–H and O–H groups in total. The SMILES string of the molecule is CC(C)CCCCCCCCOC(=O)C1CCC(C)CC1C(=O)OCCCCCCCCC(C)C. The van der Waals surface area contributed by atoms with Gasteiger partial charge >= 0.3 is 11.9 Å². The van der Waals surface area contributed by atoms with Crippen molar-refractivity contribution >= 4 is 11.9 Å². The number of carbonyl (C=O) groups is 2. The summed E-state index contributed by atoms with van der Waals surface area (Å²) < 4.78 is 11.2. The number of ether oxygens (including phenoxy) is 2. The fraction of sp³-hybridized carbons (Fsp3) is 0.935. The third-order valence-corrected chi connectivity index (χ3v) is 7.56.